The maximum atomic E-state index is 11.4. The molecular formula is C10H11Cl3O2S. The highest BCUT2D eigenvalue weighted by molar-refractivity contribution is 7.91. The SMILES string of the molecule is CC(C(Cl)c1cc(Cl)ccc1Cl)S(C)(=O)=O. The second-order valence-electron chi connectivity index (χ2n) is 3.60. The fourth-order valence-corrected chi connectivity index (χ4v) is 2.99. The molecular weight excluding hydrogens is 291 g/mol. The van der Waals surface area contributed by atoms with E-state index in [-0.39, 0.29) is 0 Å². The summed E-state index contributed by atoms with van der Waals surface area (Å²) in [7, 11) is -3.21. The molecule has 0 radical (unpaired) electrons. The van der Waals surface area contributed by atoms with Crippen LogP contribution in [0.25, 0.3) is 0 Å². The molecule has 0 aromatic heterocycles. The highest BCUT2D eigenvalue weighted by Gasteiger charge is 2.27. The molecule has 6 heteroatoms. The van der Waals surface area contributed by atoms with E-state index in [9.17, 15) is 8.42 Å². The standard InChI is InChI=1S/C10H11Cl3O2S/c1-6(16(2,14)15)10(13)8-5-7(11)3-4-9(8)12/h3-6,10H,1-2H3. The van der Waals surface area contributed by atoms with E-state index in [0.29, 0.717) is 15.6 Å². The Balaban J connectivity index is 3.14. The smallest absolute Gasteiger partial charge is 0.151 e. The Bertz CT molecular complexity index is 485. The third kappa shape index (κ3) is 3.27. The van der Waals surface area contributed by atoms with E-state index in [1.54, 1.807) is 25.1 Å². The van der Waals surface area contributed by atoms with E-state index in [0.717, 1.165) is 6.26 Å². The van der Waals surface area contributed by atoms with Gasteiger partial charge >= 0.3 is 0 Å². The lowest BCUT2D eigenvalue weighted by atomic mass is 10.1. The van der Waals surface area contributed by atoms with Crippen molar-refractivity contribution in [2.24, 2.45) is 0 Å². The van der Waals surface area contributed by atoms with Crippen LogP contribution < -0.4 is 0 Å². The zero-order valence-electron chi connectivity index (χ0n) is 8.75. The van der Waals surface area contributed by atoms with Crippen LogP contribution in [0.5, 0.6) is 0 Å². The lowest BCUT2D eigenvalue weighted by Gasteiger charge is -2.18. The molecule has 1 aromatic rings. The summed E-state index contributed by atoms with van der Waals surface area (Å²) < 4.78 is 22.8. The summed E-state index contributed by atoms with van der Waals surface area (Å²) in [6.07, 6.45) is 1.14. The summed E-state index contributed by atoms with van der Waals surface area (Å²) in [5, 5.41) is -0.531. The van der Waals surface area contributed by atoms with E-state index in [4.69, 9.17) is 34.8 Å². The molecule has 0 fully saturated rings. The first-order valence-corrected chi connectivity index (χ1v) is 7.66. The molecule has 0 saturated carbocycles. The fourth-order valence-electron chi connectivity index (χ4n) is 1.20. The van der Waals surface area contributed by atoms with Gasteiger partial charge in [-0.3, -0.25) is 0 Å². The first-order chi connectivity index (χ1) is 7.23. The van der Waals surface area contributed by atoms with Gasteiger partial charge < -0.3 is 0 Å². The molecule has 2 unspecified atom stereocenters. The van der Waals surface area contributed by atoms with Gasteiger partial charge in [0.1, 0.15) is 0 Å². The van der Waals surface area contributed by atoms with Crippen LogP contribution >= 0.6 is 34.8 Å². The van der Waals surface area contributed by atoms with E-state index in [2.05, 4.69) is 0 Å². The third-order valence-electron chi connectivity index (χ3n) is 2.34. The van der Waals surface area contributed by atoms with Crippen LogP contribution in [0.15, 0.2) is 18.2 Å². The van der Waals surface area contributed by atoms with Crippen LogP contribution in [0.2, 0.25) is 10.0 Å². The zero-order valence-corrected chi connectivity index (χ0v) is 11.8. The average Bonchev–Trinajstić information content (AvgIpc) is 2.18. The van der Waals surface area contributed by atoms with Gasteiger partial charge in [-0.25, -0.2) is 8.42 Å². The van der Waals surface area contributed by atoms with Gasteiger partial charge in [-0.05, 0) is 30.7 Å². The maximum absolute atomic E-state index is 11.4. The Morgan fingerprint density at radius 2 is 1.81 bits per heavy atom. The summed E-state index contributed by atoms with van der Waals surface area (Å²) in [5.74, 6) is 0. The second kappa shape index (κ2) is 5.13. The molecule has 90 valence electrons. The number of hydrogen-bond donors (Lipinski definition) is 0. The molecule has 1 rings (SSSR count). The van der Waals surface area contributed by atoms with Gasteiger partial charge in [0.15, 0.2) is 9.84 Å². The molecule has 0 N–H and O–H groups in total. The zero-order chi connectivity index (χ0) is 12.5. The predicted octanol–water partition coefficient (Wildman–Crippen LogP) is 3.71. The monoisotopic (exact) mass is 300 g/mol. The highest BCUT2D eigenvalue weighted by Crippen LogP contribution is 2.34. The van der Waals surface area contributed by atoms with Crippen molar-refractivity contribution in [3.63, 3.8) is 0 Å². The minimum absolute atomic E-state index is 0.417. The summed E-state index contributed by atoms with van der Waals surface area (Å²) in [5.41, 5.74) is 0.536. The molecule has 0 amide bonds. The minimum atomic E-state index is -3.21. The van der Waals surface area contributed by atoms with Gasteiger partial charge in [-0.15, -0.1) is 11.6 Å². The Labute approximate surface area is 110 Å². The molecule has 2 nitrogen and oxygen atoms in total. The quantitative estimate of drug-likeness (QED) is 0.798. The lowest BCUT2D eigenvalue weighted by Crippen LogP contribution is -2.21. The summed E-state index contributed by atoms with van der Waals surface area (Å²) in [4.78, 5) is 0. The van der Waals surface area contributed by atoms with E-state index < -0.39 is 20.5 Å². The topological polar surface area (TPSA) is 34.1 Å². The molecule has 2 atom stereocenters. The summed E-state index contributed by atoms with van der Waals surface area (Å²) >= 11 is 17.9. The molecule has 0 heterocycles. The van der Waals surface area contributed by atoms with Gasteiger partial charge in [-0.1, -0.05) is 23.2 Å². The van der Waals surface area contributed by atoms with Gasteiger partial charge in [0.25, 0.3) is 0 Å². The molecule has 16 heavy (non-hydrogen) atoms. The van der Waals surface area contributed by atoms with Crippen molar-refractivity contribution in [2.75, 3.05) is 6.26 Å². The first kappa shape index (κ1) is 14.1. The molecule has 1 aromatic carbocycles. The van der Waals surface area contributed by atoms with Crippen molar-refractivity contribution >= 4 is 44.6 Å². The number of alkyl halides is 1. The van der Waals surface area contributed by atoms with Crippen LogP contribution in [-0.2, 0) is 9.84 Å². The Hall–Kier alpha value is 0.0400. The number of hydrogen-bond acceptors (Lipinski definition) is 2. The van der Waals surface area contributed by atoms with Gasteiger partial charge in [0, 0.05) is 16.3 Å². The first-order valence-electron chi connectivity index (χ1n) is 4.51. The largest absolute Gasteiger partial charge is 0.229 e. The van der Waals surface area contributed by atoms with Crippen molar-refractivity contribution < 1.29 is 8.42 Å². The summed E-state index contributed by atoms with van der Waals surface area (Å²) in [6.45, 7) is 1.55. The van der Waals surface area contributed by atoms with Crippen molar-refractivity contribution in [3.8, 4) is 0 Å². The molecule has 0 saturated heterocycles. The van der Waals surface area contributed by atoms with E-state index in [1.807, 2.05) is 0 Å². The van der Waals surface area contributed by atoms with Crippen molar-refractivity contribution in [1.29, 1.82) is 0 Å². The van der Waals surface area contributed by atoms with Gasteiger partial charge in [0.2, 0.25) is 0 Å². The number of benzene rings is 1. The number of sulfone groups is 1. The predicted molar refractivity (Wildman–Crippen MR) is 69.4 cm³/mol. The van der Waals surface area contributed by atoms with Crippen LogP contribution in [-0.4, -0.2) is 19.9 Å². The molecule has 0 bridgehead atoms. The third-order valence-corrected chi connectivity index (χ3v) is 5.31. The van der Waals surface area contributed by atoms with Crippen LogP contribution in [0.1, 0.15) is 17.9 Å². The highest BCUT2D eigenvalue weighted by atomic mass is 35.5. The maximum Gasteiger partial charge on any atom is 0.151 e. The van der Waals surface area contributed by atoms with Crippen LogP contribution in [0, 0.1) is 0 Å². The Morgan fingerprint density at radius 3 is 2.31 bits per heavy atom. The van der Waals surface area contributed by atoms with Crippen LogP contribution in [0.4, 0.5) is 0 Å². The average molecular weight is 302 g/mol. The van der Waals surface area contributed by atoms with E-state index >= 15 is 0 Å². The Kier molecular flexibility index (Phi) is 4.52. The van der Waals surface area contributed by atoms with E-state index in [1.165, 1.54) is 0 Å². The molecule has 0 aliphatic heterocycles. The lowest BCUT2D eigenvalue weighted by molar-refractivity contribution is 0.587. The van der Waals surface area contributed by atoms with Crippen molar-refractivity contribution in [2.45, 2.75) is 17.6 Å². The van der Waals surface area contributed by atoms with Crippen molar-refractivity contribution in [1.82, 2.24) is 0 Å². The van der Waals surface area contributed by atoms with Crippen LogP contribution in [0.3, 0.4) is 0 Å². The Morgan fingerprint density at radius 1 is 1.25 bits per heavy atom. The fraction of sp³-hybridized carbons (Fsp3) is 0.400. The number of halogens is 3. The van der Waals surface area contributed by atoms with Gasteiger partial charge in [-0.2, -0.15) is 0 Å². The number of rotatable bonds is 3. The molecule has 0 aliphatic carbocycles. The molecule has 0 aliphatic rings. The second-order valence-corrected chi connectivity index (χ2v) is 7.32. The van der Waals surface area contributed by atoms with Crippen molar-refractivity contribution in [3.05, 3.63) is 33.8 Å². The normalized spacial score (nSPS) is 15.8. The molecule has 0 spiro atoms. The minimum Gasteiger partial charge on any atom is -0.229 e. The van der Waals surface area contributed by atoms with Gasteiger partial charge in [0.05, 0.1) is 10.6 Å². The summed E-state index contributed by atoms with van der Waals surface area (Å²) in [6, 6.07) is 4.81.